The molecule has 5 rings (SSSR count). The molecule has 2 saturated heterocycles. The minimum atomic E-state index is -0.985. The van der Waals surface area contributed by atoms with Crippen LogP contribution < -0.4 is 15.4 Å². The van der Waals surface area contributed by atoms with Crippen LogP contribution in [0, 0.1) is 17.8 Å². The number of amides is 3. The lowest BCUT2D eigenvalue weighted by Gasteiger charge is -2.30. The van der Waals surface area contributed by atoms with Gasteiger partial charge in [-0.15, -0.1) is 0 Å². The quantitative estimate of drug-likeness (QED) is 0.423. The van der Waals surface area contributed by atoms with Crippen LogP contribution in [0.5, 0.6) is 5.75 Å². The zero-order chi connectivity index (χ0) is 26.1. The number of carbonyl (C=O) groups is 4. The van der Waals surface area contributed by atoms with Gasteiger partial charge in [0.25, 0.3) is 5.91 Å². The maximum atomic E-state index is 13.7. The summed E-state index contributed by atoms with van der Waals surface area (Å²) in [5.74, 6) is -0.884. The van der Waals surface area contributed by atoms with E-state index in [1.807, 2.05) is 18.2 Å². The highest BCUT2D eigenvalue weighted by atomic mass is 16.5. The molecule has 2 unspecified atom stereocenters. The molecular formula is C27H34N4O6. The normalized spacial score (nSPS) is 26.0. The predicted molar refractivity (Wildman–Crippen MR) is 135 cm³/mol. The van der Waals surface area contributed by atoms with Crippen LogP contribution in [-0.4, -0.2) is 77.4 Å². The highest BCUT2D eigenvalue weighted by Gasteiger charge is 2.50. The van der Waals surface area contributed by atoms with E-state index in [2.05, 4.69) is 15.6 Å². The zero-order valence-electron chi connectivity index (χ0n) is 21.0. The van der Waals surface area contributed by atoms with Crippen LogP contribution in [-0.2, 0) is 14.4 Å². The first-order chi connectivity index (χ1) is 17.9. The molecule has 198 valence electrons. The van der Waals surface area contributed by atoms with Crippen LogP contribution in [0.4, 0.5) is 0 Å². The molecule has 1 saturated carbocycles. The Hall–Kier alpha value is -3.40. The number of hydrogen-bond acceptors (Lipinski definition) is 6. The Kier molecular flexibility index (Phi) is 7.19. The summed E-state index contributed by atoms with van der Waals surface area (Å²) >= 11 is 0. The molecule has 5 atom stereocenters. The maximum absolute atomic E-state index is 13.7. The Labute approximate surface area is 215 Å². The minimum absolute atomic E-state index is 0.00530. The molecule has 1 aromatic carbocycles. The number of aromatic amines is 1. The number of aliphatic hydroxyl groups excluding tert-OH is 1. The number of H-pyrrole nitrogens is 1. The molecule has 1 aromatic heterocycles. The Balaban J connectivity index is 1.38. The summed E-state index contributed by atoms with van der Waals surface area (Å²) in [5, 5.41) is 16.0. The number of ketones is 1. The van der Waals surface area contributed by atoms with Crippen LogP contribution in [0.1, 0.15) is 49.0 Å². The van der Waals surface area contributed by atoms with Crippen molar-refractivity contribution in [2.45, 2.75) is 50.6 Å². The van der Waals surface area contributed by atoms with Gasteiger partial charge in [0, 0.05) is 29.9 Å². The number of fused-ring (bicyclic) bond motifs is 2. The molecule has 0 bridgehead atoms. The number of aliphatic hydroxyl groups is 1. The fraction of sp³-hybridized carbons (Fsp3) is 0.556. The largest absolute Gasteiger partial charge is 0.496 e. The lowest BCUT2D eigenvalue weighted by atomic mass is 9.89. The number of methoxy groups -OCH3 is 1. The Morgan fingerprint density at radius 1 is 1.22 bits per heavy atom. The molecule has 3 amide bonds. The molecule has 3 heterocycles. The van der Waals surface area contributed by atoms with E-state index in [0.29, 0.717) is 31.0 Å². The van der Waals surface area contributed by atoms with Gasteiger partial charge < -0.3 is 30.4 Å². The average Bonchev–Trinajstić information content (AvgIpc) is 3.62. The highest BCUT2D eigenvalue weighted by molar-refractivity contribution is 6.02. The Morgan fingerprint density at radius 3 is 2.81 bits per heavy atom. The molecule has 2 aromatic rings. The third-order valence-electron chi connectivity index (χ3n) is 8.27. The second-order valence-corrected chi connectivity index (χ2v) is 10.4. The van der Waals surface area contributed by atoms with E-state index >= 15 is 0 Å². The van der Waals surface area contributed by atoms with Gasteiger partial charge in [0.2, 0.25) is 11.8 Å². The summed E-state index contributed by atoms with van der Waals surface area (Å²) in [4.78, 5) is 57.0. The summed E-state index contributed by atoms with van der Waals surface area (Å²) in [5.41, 5.74) is 1.14. The van der Waals surface area contributed by atoms with Gasteiger partial charge in [-0.1, -0.05) is 12.5 Å². The van der Waals surface area contributed by atoms with Gasteiger partial charge in [-0.05, 0) is 62.1 Å². The second kappa shape index (κ2) is 10.5. The van der Waals surface area contributed by atoms with Gasteiger partial charge in [-0.25, -0.2) is 0 Å². The number of aromatic nitrogens is 1. The maximum Gasteiger partial charge on any atom is 0.271 e. The van der Waals surface area contributed by atoms with E-state index in [9.17, 15) is 24.3 Å². The van der Waals surface area contributed by atoms with Crippen molar-refractivity contribution in [1.29, 1.82) is 0 Å². The van der Waals surface area contributed by atoms with Crippen molar-refractivity contribution in [3.05, 3.63) is 30.0 Å². The SMILES string of the molecule is COc1cccc2[nH]c(C(=O)N3C[C@@H]4CCC[C@@H]4[C@H]3C(=O)NC(CC3CCCNC3=O)C(=O)CO)cc12. The molecule has 37 heavy (non-hydrogen) atoms. The third kappa shape index (κ3) is 4.82. The predicted octanol–water partition coefficient (Wildman–Crippen LogP) is 1.38. The molecule has 4 N–H and O–H groups in total. The van der Waals surface area contributed by atoms with Crippen molar-refractivity contribution in [2.75, 3.05) is 26.8 Å². The molecule has 1 aliphatic carbocycles. The van der Waals surface area contributed by atoms with E-state index in [1.165, 1.54) is 0 Å². The fourth-order valence-electron chi connectivity index (χ4n) is 6.41. The van der Waals surface area contributed by atoms with Crippen molar-refractivity contribution in [3.63, 3.8) is 0 Å². The first kappa shape index (κ1) is 25.3. The number of hydrogen-bond donors (Lipinski definition) is 4. The molecule has 3 aliphatic rings. The molecule has 10 nitrogen and oxygen atoms in total. The third-order valence-corrected chi connectivity index (χ3v) is 8.27. The number of carbonyl (C=O) groups excluding carboxylic acids is 4. The summed E-state index contributed by atoms with van der Waals surface area (Å²) in [7, 11) is 1.58. The molecule has 0 spiro atoms. The molecule has 10 heteroatoms. The van der Waals surface area contributed by atoms with E-state index in [1.54, 1.807) is 18.1 Å². The monoisotopic (exact) mass is 510 g/mol. The van der Waals surface area contributed by atoms with Crippen molar-refractivity contribution in [2.24, 2.45) is 17.8 Å². The van der Waals surface area contributed by atoms with E-state index in [-0.39, 0.29) is 30.1 Å². The molecule has 0 radical (unpaired) electrons. The number of likely N-dealkylation sites (tertiary alicyclic amines) is 1. The summed E-state index contributed by atoms with van der Waals surface area (Å²) in [6.45, 7) is 0.343. The number of nitrogens with zero attached hydrogens (tertiary/aromatic N) is 1. The standard InChI is InChI=1S/C27H34N4O6/c1-37-23-9-3-8-19-18(23)12-21(29-19)27(36)31-13-16-5-2-7-17(16)24(31)26(35)30-20(22(33)14-32)11-15-6-4-10-28-25(15)34/h3,8-9,12,15-17,20,24,29,32H,2,4-7,10-11,13-14H2,1H3,(H,28,34)(H,30,35)/t15?,16-,17-,20?,24-/m0/s1. The van der Waals surface area contributed by atoms with Gasteiger partial charge in [-0.3, -0.25) is 19.2 Å². The Morgan fingerprint density at radius 2 is 2.05 bits per heavy atom. The van der Waals surface area contributed by atoms with Crippen LogP contribution in [0.25, 0.3) is 10.9 Å². The topological polar surface area (TPSA) is 141 Å². The van der Waals surface area contributed by atoms with Crippen molar-refractivity contribution >= 4 is 34.4 Å². The van der Waals surface area contributed by atoms with Crippen molar-refractivity contribution < 1.29 is 29.0 Å². The van der Waals surface area contributed by atoms with Crippen molar-refractivity contribution in [3.8, 4) is 5.75 Å². The van der Waals surface area contributed by atoms with Crippen LogP contribution >= 0.6 is 0 Å². The number of nitrogens with one attached hydrogen (secondary N) is 3. The average molecular weight is 511 g/mol. The Bertz CT molecular complexity index is 1210. The number of benzene rings is 1. The van der Waals surface area contributed by atoms with Gasteiger partial charge in [-0.2, -0.15) is 0 Å². The van der Waals surface area contributed by atoms with Crippen LogP contribution in [0.3, 0.4) is 0 Å². The fourth-order valence-corrected chi connectivity index (χ4v) is 6.41. The summed E-state index contributed by atoms with van der Waals surface area (Å²) < 4.78 is 5.42. The smallest absolute Gasteiger partial charge is 0.271 e. The lowest BCUT2D eigenvalue weighted by Crippen LogP contribution is -2.54. The first-order valence-corrected chi connectivity index (χ1v) is 13.1. The zero-order valence-corrected chi connectivity index (χ0v) is 21.0. The number of Topliss-reactive ketones (excluding diaryl/α,β-unsaturated/α-hetero) is 1. The molecular weight excluding hydrogens is 476 g/mol. The van der Waals surface area contributed by atoms with Crippen LogP contribution in [0.15, 0.2) is 24.3 Å². The van der Waals surface area contributed by atoms with Gasteiger partial charge in [0.1, 0.15) is 24.1 Å². The summed E-state index contributed by atoms with van der Waals surface area (Å²) in [6, 6.07) is 5.58. The van der Waals surface area contributed by atoms with E-state index < -0.39 is 36.3 Å². The van der Waals surface area contributed by atoms with Gasteiger partial charge >= 0.3 is 0 Å². The second-order valence-electron chi connectivity index (χ2n) is 10.4. The molecule has 2 aliphatic heterocycles. The highest BCUT2D eigenvalue weighted by Crippen LogP contribution is 2.43. The number of rotatable bonds is 8. The first-order valence-electron chi connectivity index (χ1n) is 13.1. The number of piperidine rings is 1. The van der Waals surface area contributed by atoms with E-state index in [4.69, 9.17) is 4.74 Å². The molecule has 3 fully saturated rings. The van der Waals surface area contributed by atoms with Gasteiger partial charge in [0.15, 0.2) is 5.78 Å². The van der Waals surface area contributed by atoms with E-state index in [0.717, 1.165) is 36.6 Å². The number of ether oxygens (including phenoxy) is 1. The minimum Gasteiger partial charge on any atom is -0.496 e. The van der Waals surface area contributed by atoms with Crippen molar-refractivity contribution in [1.82, 2.24) is 20.5 Å². The van der Waals surface area contributed by atoms with Crippen LogP contribution in [0.2, 0.25) is 0 Å². The lowest BCUT2D eigenvalue weighted by molar-refractivity contribution is -0.134. The van der Waals surface area contributed by atoms with Gasteiger partial charge in [0.05, 0.1) is 13.2 Å². The summed E-state index contributed by atoms with van der Waals surface area (Å²) in [6.07, 6.45) is 4.32.